The van der Waals surface area contributed by atoms with Crippen LogP contribution < -0.4 is 4.74 Å². The summed E-state index contributed by atoms with van der Waals surface area (Å²) < 4.78 is 22.2. The summed E-state index contributed by atoms with van der Waals surface area (Å²) in [7, 11) is 1.63. The molecule has 0 aromatic heterocycles. The van der Waals surface area contributed by atoms with Gasteiger partial charge in [-0.15, -0.1) is 0 Å². The highest BCUT2D eigenvalue weighted by Gasteiger charge is 2.32. The zero-order valence-corrected chi connectivity index (χ0v) is 13.3. The molecule has 1 aromatic carbocycles. The molecule has 1 saturated heterocycles. The molecule has 1 fully saturated rings. The minimum absolute atomic E-state index is 0.0945. The molecule has 23 heavy (non-hydrogen) atoms. The third-order valence-electron chi connectivity index (χ3n) is 4.08. The molecule has 0 saturated carbocycles. The number of methoxy groups -OCH3 is 1. The smallest absolute Gasteiger partial charge is 0.217 e. The Morgan fingerprint density at radius 3 is 2.74 bits per heavy atom. The molecule has 3 atom stereocenters. The summed E-state index contributed by atoms with van der Waals surface area (Å²) in [4.78, 5) is 4.56. The van der Waals surface area contributed by atoms with Crippen LogP contribution in [-0.4, -0.2) is 56.4 Å². The van der Waals surface area contributed by atoms with E-state index in [2.05, 4.69) is 4.99 Å². The zero-order chi connectivity index (χ0) is 16.1. The molecule has 0 amide bonds. The Balaban J connectivity index is 1.62. The molecule has 3 rings (SSSR count). The first-order valence-electron chi connectivity index (χ1n) is 8.03. The van der Waals surface area contributed by atoms with Gasteiger partial charge in [0.1, 0.15) is 17.9 Å². The van der Waals surface area contributed by atoms with Crippen molar-refractivity contribution >= 4 is 5.90 Å². The second-order valence-electron chi connectivity index (χ2n) is 5.70. The van der Waals surface area contributed by atoms with Crippen molar-refractivity contribution in [3.8, 4) is 5.75 Å². The Morgan fingerprint density at radius 1 is 1.26 bits per heavy atom. The van der Waals surface area contributed by atoms with Gasteiger partial charge in [-0.2, -0.15) is 0 Å². The van der Waals surface area contributed by atoms with E-state index in [-0.39, 0.29) is 25.0 Å². The third kappa shape index (κ3) is 4.02. The molecule has 0 radical (unpaired) electrons. The van der Waals surface area contributed by atoms with E-state index in [1.165, 1.54) is 0 Å². The Labute approximate surface area is 136 Å². The fourth-order valence-corrected chi connectivity index (χ4v) is 2.71. The number of aliphatic imine (C=N–C) groups is 1. The van der Waals surface area contributed by atoms with E-state index in [1.54, 1.807) is 7.11 Å². The number of aliphatic hydroxyl groups excluding tert-OH is 1. The number of aliphatic hydroxyl groups is 1. The van der Waals surface area contributed by atoms with Gasteiger partial charge < -0.3 is 24.1 Å². The van der Waals surface area contributed by atoms with Crippen molar-refractivity contribution in [2.24, 2.45) is 4.99 Å². The molecule has 2 heterocycles. The normalized spacial score (nSPS) is 27.4. The van der Waals surface area contributed by atoms with Crippen molar-refractivity contribution in [2.45, 2.75) is 37.7 Å². The Bertz CT molecular complexity index is 524. The SMILES string of the molecule is COc1ccc(C2=NC(COC3CCCCO3)C(CO)O2)cc1. The number of benzene rings is 1. The van der Waals surface area contributed by atoms with Crippen molar-refractivity contribution in [3.05, 3.63) is 29.8 Å². The van der Waals surface area contributed by atoms with Crippen LogP contribution in [0.3, 0.4) is 0 Å². The quantitative estimate of drug-likeness (QED) is 0.864. The van der Waals surface area contributed by atoms with Crippen LogP contribution in [-0.2, 0) is 14.2 Å². The molecule has 0 aliphatic carbocycles. The molecule has 0 bridgehead atoms. The second kappa shape index (κ2) is 7.77. The average molecular weight is 321 g/mol. The molecule has 6 nitrogen and oxygen atoms in total. The number of hydrogen-bond acceptors (Lipinski definition) is 6. The summed E-state index contributed by atoms with van der Waals surface area (Å²) in [6, 6.07) is 7.27. The minimum atomic E-state index is -0.379. The first-order chi connectivity index (χ1) is 11.3. The summed E-state index contributed by atoms with van der Waals surface area (Å²) in [6.07, 6.45) is 2.58. The first kappa shape index (κ1) is 16.2. The lowest BCUT2D eigenvalue weighted by Crippen LogP contribution is -2.33. The van der Waals surface area contributed by atoms with Crippen LogP contribution in [0.15, 0.2) is 29.3 Å². The number of rotatable bonds is 6. The maximum absolute atomic E-state index is 9.52. The largest absolute Gasteiger partial charge is 0.497 e. The van der Waals surface area contributed by atoms with E-state index >= 15 is 0 Å². The highest BCUT2D eigenvalue weighted by molar-refractivity contribution is 5.95. The van der Waals surface area contributed by atoms with Crippen molar-refractivity contribution < 1.29 is 24.1 Å². The molecular formula is C17H23NO5. The molecular weight excluding hydrogens is 298 g/mol. The van der Waals surface area contributed by atoms with E-state index in [0.717, 1.165) is 37.2 Å². The van der Waals surface area contributed by atoms with Gasteiger partial charge in [0.25, 0.3) is 0 Å². The van der Waals surface area contributed by atoms with Crippen molar-refractivity contribution in [2.75, 3.05) is 26.9 Å². The number of ether oxygens (including phenoxy) is 4. The van der Waals surface area contributed by atoms with Crippen molar-refractivity contribution in [1.82, 2.24) is 0 Å². The van der Waals surface area contributed by atoms with E-state index in [0.29, 0.717) is 12.5 Å². The van der Waals surface area contributed by atoms with Gasteiger partial charge in [-0.25, -0.2) is 4.99 Å². The lowest BCUT2D eigenvalue weighted by Gasteiger charge is -2.24. The van der Waals surface area contributed by atoms with E-state index in [4.69, 9.17) is 18.9 Å². The molecule has 3 unspecified atom stereocenters. The summed E-state index contributed by atoms with van der Waals surface area (Å²) >= 11 is 0. The van der Waals surface area contributed by atoms with Crippen molar-refractivity contribution in [3.63, 3.8) is 0 Å². The summed E-state index contributed by atoms with van der Waals surface area (Å²) in [5.41, 5.74) is 0.862. The molecule has 0 spiro atoms. The lowest BCUT2D eigenvalue weighted by atomic mass is 10.2. The van der Waals surface area contributed by atoms with Crippen LogP contribution in [0.1, 0.15) is 24.8 Å². The number of hydrogen-bond donors (Lipinski definition) is 1. The van der Waals surface area contributed by atoms with Gasteiger partial charge in [0.15, 0.2) is 6.29 Å². The van der Waals surface area contributed by atoms with E-state index < -0.39 is 0 Å². The predicted octanol–water partition coefficient (Wildman–Crippen LogP) is 1.74. The maximum Gasteiger partial charge on any atom is 0.217 e. The predicted molar refractivity (Wildman–Crippen MR) is 84.8 cm³/mol. The molecule has 2 aliphatic heterocycles. The van der Waals surface area contributed by atoms with Crippen LogP contribution in [0.5, 0.6) is 5.75 Å². The van der Waals surface area contributed by atoms with Gasteiger partial charge in [0.2, 0.25) is 5.90 Å². The van der Waals surface area contributed by atoms with Gasteiger partial charge >= 0.3 is 0 Å². The highest BCUT2D eigenvalue weighted by atomic mass is 16.7. The van der Waals surface area contributed by atoms with Crippen LogP contribution in [0.25, 0.3) is 0 Å². The van der Waals surface area contributed by atoms with Crippen LogP contribution in [0.4, 0.5) is 0 Å². The van der Waals surface area contributed by atoms with E-state index in [9.17, 15) is 5.11 Å². The molecule has 1 N–H and O–H groups in total. The first-order valence-corrected chi connectivity index (χ1v) is 8.03. The van der Waals surface area contributed by atoms with Gasteiger partial charge in [0, 0.05) is 12.2 Å². The average Bonchev–Trinajstić information content (AvgIpc) is 3.04. The lowest BCUT2D eigenvalue weighted by molar-refractivity contribution is -0.167. The summed E-state index contributed by atoms with van der Waals surface area (Å²) in [5, 5.41) is 9.52. The molecule has 126 valence electrons. The molecule has 2 aliphatic rings. The van der Waals surface area contributed by atoms with Gasteiger partial charge in [0.05, 0.1) is 20.3 Å². The molecule has 6 heteroatoms. The Hall–Kier alpha value is -1.63. The Kier molecular flexibility index (Phi) is 5.48. The number of nitrogens with zero attached hydrogens (tertiary/aromatic N) is 1. The zero-order valence-electron chi connectivity index (χ0n) is 13.3. The highest BCUT2D eigenvalue weighted by Crippen LogP contribution is 2.22. The monoisotopic (exact) mass is 321 g/mol. The maximum atomic E-state index is 9.52. The van der Waals surface area contributed by atoms with Crippen LogP contribution in [0.2, 0.25) is 0 Å². The van der Waals surface area contributed by atoms with Gasteiger partial charge in [-0.3, -0.25) is 0 Å². The topological polar surface area (TPSA) is 69.5 Å². The summed E-state index contributed by atoms with van der Waals surface area (Å²) in [6.45, 7) is 1.04. The fraction of sp³-hybridized carbons (Fsp3) is 0.588. The van der Waals surface area contributed by atoms with Crippen LogP contribution in [0, 0.1) is 0 Å². The van der Waals surface area contributed by atoms with Crippen LogP contribution >= 0.6 is 0 Å². The van der Waals surface area contributed by atoms with Gasteiger partial charge in [-0.1, -0.05) is 0 Å². The van der Waals surface area contributed by atoms with E-state index in [1.807, 2.05) is 24.3 Å². The second-order valence-corrected chi connectivity index (χ2v) is 5.70. The Morgan fingerprint density at radius 2 is 2.09 bits per heavy atom. The minimum Gasteiger partial charge on any atom is -0.497 e. The third-order valence-corrected chi connectivity index (χ3v) is 4.08. The molecule has 1 aromatic rings. The van der Waals surface area contributed by atoms with Gasteiger partial charge in [-0.05, 0) is 43.5 Å². The summed E-state index contributed by atoms with van der Waals surface area (Å²) in [5.74, 6) is 1.31. The van der Waals surface area contributed by atoms with Crippen molar-refractivity contribution in [1.29, 1.82) is 0 Å². The fourth-order valence-electron chi connectivity index (χ4n) is 2.71. The standard InChI is InChI=1S/C17H23NO5/c1-20-13-7-5-12(6-8-13)17-18-14(15(10-19)23-17)11-22-16-4-2-3-9-21-16/h5-8,14-16,19H,2-4,9-11H2,1H3.